The van der Waals surface area contributed by atoms with Crippen LogP contribution >= 0.6 is 22.0 Å². The number of thiophene rings is 1. The molecule has 0 bridgehead atoms. The van der Waals surface area contributed by atoms with Crippen LogP contribution in [0, 0.1) is 0 Å². The smallest absolute Gasteiger partial charge is 0.274 e. The third-order valence-corrected chi connectivity index (χ3v) is 5.31. The lowest BCUT2D eigenvalue weighted by atomic mass is 10.3. The number of hydrogen-bond donors (Lipinski definition) is 3. The van der Waals surface area contributed by atoms with Crippen molar-refractivity contribution in [1.82, 2.24) is 10.2 Å². The lowest BCUT2D eigenvalue weighted by Gasteiger charge is -2.01. The van der Waals surface area contributed by atoms with E-state index in [-0.39, 0.29) is 20.5 Å². The fourth-order valence-electron chi connectivity index (χ4n) is 1.32. The summed E-state index contributed by atoms with van der Waals surface area (Å²) in [5.74, 6) is -1.47. The maximum Gasteiger partial charge on any atom is 0.274 e. The standard InChI is InChI=1S/C9H7ClN4O4S2.C2H6/c10-20(17,18)6-3-4(7(11)15)9(19-6)13-8(16)5-1-2-12-14-5;1-2/h1-3H,(H2,11,15)(H,12,14)(H,13,16);1-2H3. The molecule has 11 heteroatoms. The topological polar surface area (TPSA) is 135 Å². The number of nitrogens with one attached hydrogen (secondary N) is 2. The maximum atomic E-state index is 11.8. The number of halogens is 1. The lowest BCUT2D eigenvalue weighted by Crippen LogP contribution is -2.16. The van der Waals surface area contributed by atoms with Crippen LogP contribution in [0.2, 0.25) is 0 Å². The molecular formula is C11H13ClN4O4S2. The molecule has 0 saturated heterocycles. The molecule has 0 aromatic carbocycles. The van der Waals surface area contributed by atoms with Gasteiger partial charge in [0.05, 0.1) is 5.56 Å². The molecular weight excluding hydrogens is 352 g/mol. The van der Waals surface area contributed by atoms with Crippen molar-refractivity contribution in [1.29, 1.82) is 0 Å². The maximum absolute atomic E-state index is 11.8. The molecule has 2 rings (SSSR count). The van der Waals surface area contributed by atoms with Gasteiger partial charge >= 0.3 is 0 Å². The zero-order valence-corrected chi connectivity index (χ0v) is 14.0. The lowest BCUT2D eigenvalue weighted by molar-refractivity contribution is 0.100. The fraction of sp³-hybridized carbons (Fsp3) is 0.182. The van der Waals surface area contributed by atoms with Gasteiger partial charge in [-0.1, -0.05) is 13.8 Å². The van der Waals surface area contributed by atoms with Crippen molar-refractivity contribution in [3.05, 3.63) is 29.6 Å². The summed E-state index contributed by atoms with van der Waals surface area (Å²) in [4.78, 5) is 23.0. The van der Waals surface area contributed by atoms with Gasteiger partial charge in [0.1, 0.15) is 14.9 Å². The highest BCUT2D eigenvalue weighted by Gasteiger charge is 2.22. The molecule has 0 unspecified atom stereocenters. The monoisotopic (exact) mass is 364 g/mol. The molecule has 8 nitrogen and oxygen atoms in total. The molecule has 2 amide bonds. The number of aromatic amines is 1. The normalized spacial score (nSPS) is 10.5. The molecule has 2 aromatic heterocycles. The predicted molar refractivity (Wildman–Crippen MR) is 83.8 cm³/mol. The summed E-state index contributed by atoms with van der Waals surface area (Å²) in [6, 6.07) is 2.42. The van der Waals surface area contributed by atoms with Crippen LogP contribution in [0.4, 0.5) is 5.00 Å². The average Bonchev–Trinajstić information content (AvgIpc) is 3.09. The Labute approximate surface area is 135 Å². The molecule has 120 valence electrons. The van der Waals surface area contributed by atoms with Crippen LogP contribution in [0.3, 0.4) is 0 Å². The number of aromatic nitrogens is 2. The number of nitrogens with two attached hydrogens (primary N) is 1. The van der Waals surface area contributed by atoms with Crippen molar-refractivity contribution in [2.75, 3.05) is 5.32 Å². The molecule has 0 atom stereocenters. The molecule has 22 heavy (non-hydrogen) atoms. The van der Waals surface area contributed by atoms with Crippen molar-refractivity contribution in [3.63, 3.8) is 0 Å². The number of nitrogens with zero attached hydrogens (tertiary/aromatic N) is 1. The summed E-state index contributed by atoms with van der Waals surface area (Å²) in [5.41, 5.74) is 5.13. The highest BCUT2D eigenvalue weighted by molar-refractivity contribution is 8.15. The molecule has 2 heterocycles. The number of hydrogen-bond acceptors (Lipinski definition) is 6. The summed E-state index contributed by atoms with van der Waals surface area (Å²) in [6.45, 7) is 4.00. The van der Waals surface area contributed by atoms with Gasteiger partial charge in [-0.05, 0) is 12.1 Å². The van der Waals surface area contributed by atoms with Gasteiger partial charge in [0.25, 0.3) is 20.9 Å². The molecule has 4 N–H and O–H groups in total. The molecule has 0 aliphatic heterocycles. The summed E-state index contributed by atoms with van der Waals surface area (Å²) in [6.07, 6.45) is 1.37. The molecule has 2 aromatic rings. The largest absolute Gasteiger partial charge is 0.366 e. The summed E-state index contributed by atoms with van der Waals surface area (Å²) in [5, 5.41) is 8.39. The zero-order chi connectivity index (χ0) is 16.9. The molecule has 0 aliphatic rings. The van der Waals surface area contributed by atoms with Crippen LogP contribution in [0.1, 0.15) is 34.7 Å². The van der Waals surface area contributed by atoms with Crippen LogP contribution in [-0.4, -0.2) is 30.4 Å². The fourth-order valence-corrected chi connectivity index (χ4v) is 3.43. The Morgan fingerprint density at radius 1 is 1.41 bits per heavy atom. The first-order valence-corrected chi connectivity index (χ1v) is 9.10. The number of carbonyl (C=O) groups excluding carboxylic acids is 2. The van der Waals surface area contributed by atoms with Crippen molar-refractivity contribution in [3.8, 4) is 0 Å². The van der Waals surface area contributed by atoms with E-state index in [1.165, 1.54) is 12.3 Å². The Bertz CT molecular complexity index is 768. The first-order chi connectivity index (χ1) is 10.3. The summed E-state index contributed by atoms with van der Waals surface area (Å²) < 4.78 is 22.2. The second-order valence-corrected chi connectivity index (χ2v) is 7.38. The van der Waals surface area contributed by atoms with Gasteiger partial charge in [-0.15, -0.1) is 11.3 Å². The Morgan fingerprint density at radius 2 is 2.05 bits per heavy atom. The molecule has 0 radical (unpaired) electrons. The second-order valence-electron chi connectivity index (χ2n) is 3.53. The van der Waals surface area contributed by atoms with E-state index in [0.29, 0.717) is 11.3 Å². The minimum Gasteiger partial charge on any atom is -0.366 e. The molecule has 0 fully saturated rings. The number of anilines is 1. The first kappa shape index (κ1) is 18.1. The van der Waals surface area contributed by atoms with Crippen LogP contribution in [-0.2, 0) is 9.05 Å². The number of rotatable bonds is 4. The number of primary amides is 1. The Hall–Kier alpha value is -1.91. The Kier molecular flexibility index (Phi) is 6.09. The van der Waals surface area contributed by atoms with Crippen molar-refractivity contribution < 1.29 is 18.0 Å². The quantitative estimate of drug-likeness (QED) is 0.710. The summed E-state index contributed by atoms with van der Waals surface area (Å²) >= 11 is 0.633. The van der Waals surface area contributed by atoms with Gasteiger partial charge in [-0.2, -0.15) is 5.10 Å². The minimum absolute atomic E-state index is 0.00340. The van der Waals surface area contributed by atoms with Crippen LogP contribution in [0.15, 0.2) is 22.5 Å². The van der Waals surface area contributed by atoms with Gasteiger partial charge in [0, 0.05) is 16.9 Å². The van der Waals surface area contributed by atoms with E-state index in [1.54, 1.807) is 0 Å². The SMILES string of the molecule is CC.NC(=O)c1cc(S(=O)(=O)Cl)sc1NC(=O)c1ccn[nH]1. The van der Waals surface area contributed by atoms with E-state index < -0.39 is 20.9 Å². The first-order valence-electron chi connectivity index (χ1n) is 5.98. The average molecular weight is 365 g/mol. The van der Waals surface area contributed by atoms with Crippen molar-refractivity contribution in [2.24, 2.45) is 5.73 Å². The van der Waals surface area contributed by atoms with Gasteiger partial charge in [-0.25, -0.2) is 8.42 Å². The van der Waals surface area contributed by atoms with Gasteiger partial charge in [-0.3, -0.25) is 14.7 Å². The highest BCUT2D eigenvalue weighted by atomic mass is 35.7. The second kappa shape index (κ2) is 7.38. The Morgan fingerprint density at radius 3 is 2.50 bits per heavy atom. The van der Waals surface area contributed by atoms with Crippen LogP contribution in [0.5, 0.6) is 0 Å². The van der Waals surface area contributed by atoms with Crippen LogP contribution < -0.4 is 11.1 Å². The van der Waals surface area contributed by atoms with Crippen molar-refractivity contribution in [2.45, 2.75) is 18.1 Å². The number of amides is 2. The van der Waals surface area contributed by atoms with Gasteiger partial charge < -0.3 is 11.1 Å². The van der Waals surface area contributed by atoms with E-state index in [2.05, 4.69) is 15.5 Å². The zero-order valence-electron chi connectivity index (χ0n) is 11.6. The van der Waals surface area contributed by atoms with E-state index in [4.69, 9.17) is 16.4 Å². The van der Waals surface area contributed by atoms with Gasteiger partial charge in [0.15, 0.2) is 0 Å². The molecule has 0 spiro atoms. The van der Waals surface area contributed by atoms with E-state index >= 15 is 0 Å². The minimum atomic E-state index is -4.02. The molecule has 0 aliphatic carbocycles. The number of carbonyl (C=O) groups is 2. The van der Waals surface area contributed by atoms with Crippen LogP contribution in [0.25, 0.3) is 0 Å². The number of H-pyrrole nitrogens is 1. The van der Waals surface area contributed by atoms with Crippen molar-refractivity contribution >= 4 is 47.9 Å². The van der Waals surface area contributed by atoms with Gasteiger partial charge in [0.2, 0.25) is 0 Å². The summed E-state index contributed by atoms with van der Waals surface area (Å²) in [7, 11) is 1.17. The highest BCUT2D eigenvalue weighted by Crippen LogP contribution is 2.33. The molecule has 0 saturated carbocycles. The Balaban J connectivity index is 0.00000116. The van der Waals surface area contributed by atoms with E-state index in [1.807, 2.05) is 13.8 Å². The van der Waals surface area contributed by atoms with E-state index in [9.17, 15) is 18.0 Å². The van der Waals surface area contributed by atoms with E-state index in [0.717, 1.165) is 6.07 Å². The third-order valence-electron chi connectivity index (χ3n) is 2.19. The third kappa shape index (κ3) is 4.29. The predicted octanol–water partition coefficient (Wildman–Crippen LogP) is 1.78.